The fraction of sp³-hybridized carbons (Fsp3) is 0.515. The van der Waals surface area contributed by atoms with Crippen LogP contribution in [0.15, 0.2) is 73.1 Å². The second-order valence-electron chi connectivity index (χ2n) is 26.6. The number of nitrogens with one attached hydrogen (secondary N) is 3. The highest BCUT2D eigenvalue weighted by Gasteiger charge is 2.66. The van der Waals surface area contributed by atoms with E-state index in [0.29, 0.717) is 105 Å². The van der Waals surface area contributed by atoms with Gasteiger partial charge in [-0.05, 0) is 156 Å². The van der Waals surface area contributed by atoms with Gasteiger partial charge in [0.25, 0.3) is 11.8 Å². The molecule has 1 saturated heterocycles. The quantitative estimate of drug-likeness (QED) is 0.0233. The summed E-state index contributed by atoms with van der Waals surface area (Å²) >= 11 is 1.53. The highest BCUT2D eigenvalue weighted by molar-refractivity contribution is 7.22. The topological polar surface area (TPSA) is 288 Å². The van der Waals surface area contributed by atoms with Crippen LogP contribution < -0.4 is 20.9 Å². The van der Waals surface area contributed by atoms with Crippen LogP contribution in [0.25, 0.3) is 21.3 Å². The Bertz CT molecular complexity index is 3850. The third-order valence-electron chi connectivity index (χ3n) is 18.5. The van der Waals surface area contributed by atoms with E-state index in [2.05, 4.69) is 68.9 Å². The first-order valence-corrected chi connectivity index (χ1v) is 32.6. The number of hydrogen-bond donors (Lipinski definition) is 4. The van der Waals surface area contributed by atoms with Crippen molar-refractivity contribution in [3.63, 3.8) is 0 Å². The summed E-state index contributed by atoms with van der Waals surface area (Å²) in [5.74, 6) is -1.83. The second kappa shape index (κ2) is 26.8. The summed E-state index contributed by atoms with van der Waals surface area (Å²) < 4.78 is 29.1. The molecule has 25 nitrogen and oxygen atoms in total. The number of carboxylic acid groups (broad SMARTS) is 1. The summed E-state index contributed by atoms with van der Waals surface area (Å²) in [4.78, 5) is 78.7. The minimum atomic E-state index is -1.14. The molecule has 7 aromatic rings. The maximum absolute atomic E-state index is 13.4. The molecule has 3 unspecified atom stereocenters. The predicted octanol–water partition coefficient (Wildman–Crippen LogP) is 8.76. The molecule has 7 heterocycles. The summed E-state index contributed by atoms with van der Waals surface area (Å²) in [5.41, 5.74) is 5.58. The standard InChI is InChI=1S/C66H81N15O10S/c1-42-31-53(74-75-57(42)72-62-69-48-14-8-9-16-51(48)92-62)79(52-19-17-45(56(70-52)61(86)87)47-32-68-80(43(47)2)41-65-36-63(3)35-64(4,37-65)39-66(38-63,40-65)91-26-24-77(5)6)23-11-7-10-22-78-33-44(73-76-78)34-90-30-29-89-28-27-88-25-21-67-49-15-12-13-46-55(49)60(85)81(59(46)84)50-18-20-54(82)71-58(50)83/h8-9,12-17,19,31-33,50,67H,7,10-11,18,20-30,34-41H2,1-6H3,(H,86,87)(H,69,72,75)(H,71,82,83). The van der Waals surface area contributed by atoms with E-state index in [1.54, 1.807) is 29.1 Å². The van der Waals surface area contributed by atoms with E-state index in [4.69, 9.17) is 39.1 Å². The van der Waals surface area contributed by atoms with Crippen molar-refractivity contribution >= 4 is 79.4 Å². The smallest absolute Gasteiger partial charge is 0.355 e. The minimum Gasteiger partial charge on any atom is -0.476 e. The number of unbranched alkanes of at least 4 members (excludes halogenated alkanes) is 2. The summed E-state index contributed by atoms with van der Waals surface area (Å²) in [5, 5.41) is 43.3. The SMILES string of the molecule is Cc1cc(N(CCCCCn2cc(COCCOCCOCCNc3cccc4c3C(=O)N(C3CCC(=O)NC3=O)C4=O)nn2)c2ccc(-c3cnn(CC45CC6(C)CC(C)(C4)CC(OCCN(C)C)(C6)C5)c3C)c(C(=O)O)n2)nnc1Nc1nc2ccccc2s1. The Kier molecular flexibility index (Phi) is 18.7. The molecule has 5 fully saturated rings. The number of para-hydroxylation sites is 1. The lowest BCUT2D eigenvalue weighted by atomic mass is 9.39. The van der Waals surface area contributed by atoms with Gasteiger partial charge in [0.15, 0.2) is 22.5 Å². The third-order valence-corrected chi connectivity index (χ3v) is 19.4. The number of aromatic nitrogens is 9. The van der Waals surface area contributed by atoms with Gasteiger partial charge in [-0.1, -0.05) is 48.6 Å². The fourth-order valence-electron chi connectivity index (χ4n) is 15.6. The highest BCUT2D eigenvalue weighted by atomic mass is 32.1. The number of carboxylic acids is 1. The summed E-state index contributed by atoms with van der Waals surface area (Å²) in [6, 6.07) is 17.5. The number of benzene rings is 2. The molecule has 13 rings (SSSR count). The predicted molar refractivity (Wildman–Crippen MR) is 344 cm³/mol. The van der Waals surface area contributed by atoms with Gasteiger partial charge in [0.05, 0.1) is 85.6 Å². The molecule has 4 amide bonds. The van der Waals surface area contributed by atoms with Gasteiger partial charge < -0.3 is 44.5 Å². The number of nitrogens with zero attached hydrogens (tertiary/aromatic N) is 12. The van der Waals surface area contributed by atoms with E-state index in [1.165, 1.54) is 17.8 Å². The zero-order chi connectivity index (χ0) is 64.4. The first-order chi connectivity index (χ1) is 44.3. The van der Waals surface area contributed by atoms with Gasteiger partial charge in [-0.25, -0.2) is 14.8 Å². The van der Waals surface area contributed by atoms with E-state index in [0.717, 1.165) is 90.0 Å². The monoisotopic (exact) mass is 1280 g/mol. The van der Waals surface area contributed by atoms with E-state index >= 15 is 0 Å². The van der Waals surface area contributed by atoms with E-state index in [9.17, 15) is 29.1 Å². The molecule has 3 atom stereocenters. The molecule has 2 aliphatic heterocycles. The van der Waals surface area contributed by atoms with Crippen LogP contribution >= 0.6 is 11.3 Å². The van der Waals surface area contributed by atoms with Crippen LogP contribution in [0, 0.1) is 30.1 Å². The minimum absolute atomic E-state index is 0.00947. The van der Waals surface area contributed by atoms with Crippen molar-refractivity contribution in [2.45, 2.75) is 130 Å². The van der Waals surface area contributed by atoms with Crippen LogP contribution in [0.4, 0.5) is 28.3 Å². The lowest BCUT2D eigenvalue weighted by Gasteiger charge is -2.69. The van der Waals surface area contributed by atoms with Crippen LogP contribution in [-0.2, 0) is 48.2 Å². The van der Waals surface area contributed by atoms with Gasteiger partial charge >= 0.3 is 5.97 Å². The Morgan fingerprint density at radius 2 is 1.58 bits per heavy atom. The number of carbonyl (C=O) groups excluding carboxylic acids is 4. The number of pyridine rings is 1. The molecule has 486 valence electrons. The first-order valence-electron chi connectivity index (χ1n) is 31.8. The summed E-state index contributed by atoms with van der Waals surface area (Å²) in [6.07, 6.45) is 12.7. The van der Waals surface area contributed by atoms with E-state index in [1.807, 2.05) is 67.4 Å². The van der Waals surface area contributed by atoms with Crippen molar-refractivity contribution in [2.75, 3.05) is 88.9 Å². The molecule has 5 aromatic heterocycles. The number of piperidine rings is 1. The lowest BCUT2D eigenvalue weighted by molar-refractivity contribution is -0.248. The Morgan fingerprint density at radius 3 is 2.34 bits per heavy atom. The number of imide groups is 2. The molecule has 4 N–H and O–H groups in total. The Hall–Kier alpha value is -8.14. The number of thiazole rings is 1. The average Bonchev–Trinajstić information content (AvgIpc) is 0.790. The zero-order valence-corrected chi connectivity index (χ0v) is 54.0. The maximum atomic E-state index is 13.4. The van der Waals surface area contributed by atoms with Crippen molar-refractivity contribution in [3.8, 4) is 11.1 Å². The number of anilines is 5. The highest BCUT2D eigenvalue weighted by Crippen LogP contribution is 2.72. The number of likely N-dealkylation sites (N-methyl/N-ethyl adjacent to an activating group) is 1. The molecule has 92 heavy (non-hydrogen) atoms. The van der Waals surface area contributed by atoms with Gasteiger partial charge in [-0.3, -0.25) is 38.8 Å². The lowest BCUT2D eigenvalue weighted by Crippen LogP contribution is -2.64. The van der Waals surface area contributed by atoms with Crippen molar-refractivity contribution in [2.24, 2.45) is 16.2 Å². The molecule has 26 heteroatoms. The zero-order valence-electron chi connectivity index (χ0n) is 53.2. The van der Waals surface area contributed by atoms with Crippen molar-refractivity contribution in [1.82, 2.24) is 60.1 Å². The Morgan fingerprint density at radius 1 is 0.793 bits per heavy atom. The molecule has 0 spiro atoms. The Balaban J connectivity index is 0.628. The maximum Gasteiger partial charge on any atom is 0.355 e. The van der Waals surface area contributed by atoms with Crippen LogP contribution in [0.3, 0.4) is 0 Å². The Labute approximate surface area is 537 Å². The van der Waals surface area contributed by atoms with Crippen LogP contribution in [0.2, 0.25) is 0 Å². The van der Waals surface area contributed by atoms with Gasteiger partial charge in [0, 0.05) is 61.7 Å². The number of rotatable bonds is 31. The van der Waals surface area contributed by atoms with Crippen LogP contribution in [-0.4, -0.2) is 174 Å². The van der Waals surface area contributed by atoms with Gasteiger partial charge in [-0.15, -0.1) is 15.3 Å². The summed E-state index contributed by atoms with van der Waals surface area (Å²) in [6.45, 7) is 14.6. The number of carbonyl (C=O) groups is 5. The molecular weight excluding hydrogens is 1190 g/mol. The molecule has 0 radical (unpaired) electrons. The number of aryl methyl sites for hydroxylation is 2. The number of aromatic carboxylic acids is 1. The molecule has 6 aliphatic rings. The van der Waals surface area contributed by atoms with E-state index < -0.39 is 35.6 Å². The van der Waals surface area contributed by atoms with Crippen molar-refractivity contribution in [3.05, 3.63) is 107 Å². The number of amides is 4. The molecular formula is C66H81N15O10S. The number of hydrogen-bond acceptors (Lipinski definition) is 21. The van der Waals surface area contributed by atoms with Gasteiger partial charge in [0.2, 0.25) is 11.8 Å². The van der Waals surface area contributed by atoms with Crippen LogP contribution in [0.5, 0.6) is 0 Å². The molecule has 2 aromatic carbocycles. The molecule has 4 saturated carbocycles. The number of ether oxygens (including phenoxy) is 4. The fourth-order valence-corrected chi connectivity index (χ4v) is 16.5. The average molecular weight is 1280 g/mol. The van der Waals surface area contributed by atoms with Crippen molar-refractivity contribution < 1.29 is 48.0 Å². The second-order valence-corrected chi connectivity index (χ2v) is 27.6. The summed E-state index contributed by atoms with van der Waals surface area (Å²) in [7, 11) is 4.18. The van der Waals surface area contributed by atoms with Gasteiger partial charge in [0.1, 0.15) is 17.6 Å². The van der Waals surface area contributed by atoms with Crippen LogP contribution in [0.1, 0.15) is 133 Å². The first kappa shape index (κ1) is 64.0. The van der Waals surface area contributed by atoms with Gasteiger partial charge in [-0.2, -0.15) is 5.10 Å². The molecule has 4 aliphatic carbocycles. The third kappa shape index (κ3) is 14.0. The van der Waals surface area contributed by atoms with Crippen molar-refractivity contribution in [1.29, 1.82) is 0 Å². The normalized spacial score (nSPS) is 22.5. The number of fused-ring (bicyclic) bond motifs is 2. The van der Waals surface area contributed by atoms with E-state index in [-0.39, 0.29) is 58.1 Å². The largest absolute Gasteiger partial charge is 0.476 e. The molecule has 4 bridgehead atoms.